The largest absolute Gasteiger partial charge is 0.497 e. The Hall–Kier alpha value is -3.91. The van der Waals surface area contributed by atoms with Gasteiger partial charge in [-0.05, 0) is 55.0 Å². The number of methoxy groups -OCH3 is 1. The molecule has 0 bridgehead atoms. The summed E-state index contributed by atoms with van der Waals surface area (Å²) in [5.41, 5.74) is 2.64. The summed E-state index contributed by atoms with van der Waals surface area (Å²) in [7, 11) is 1.62. The Kier molecular flexibility index (Phi) is 7.65. The first kappa shape index (κ1) is 24.8. The van der Waals surface area contributed by atoms with E-state index in [2.05, 4.69) is 11.0 Å². The summed E-state index contributed by atoms with van der Waals surface area (Å²) in [5, 5.41) is 0. The maximum atomic E-state index is 13.4. The van der Waals surface area contributed by atoms with Crippen molar-refractivity contribution in [2.45, 2.75) is 20.1 Å². The van der Waals surface area contributed by atoms with Crippen LogP contribution in [0.25, 0.3) is 0 Å². The molecule has 3 aromatic carbocycles. The lowest BCUT2D eigenvalue weighted by atomic mass is 10.1. The number of hydrogen-bond donors (Lipinski definition) is 0. The highest BCUT2D eigenvalue weighted by Crippen LogP contribution is 2.33. The third-order valence-electron chi connectivity index (χ3n) is 6.55. The second-order valence-corrected chi connectivity index (χ2v) is 8.98. The summed E-state index contributed by atoms with van der Waals surface area (Å²) in [6.45, 7) is 6.81. The van der Waals surface area contributed by atoms with Gasteiger partial charge in [-0.1, -0.05) is 12.1 Å². The maximum Gasteiger partial charge on any atom is 0.253 e. The molecule has 8 heteroatoms. The van der Waals surface area contributed by atoms with E-state index in [1.807, 2.05) is 66.4 Å². The Morgan fingerprint density at radius 1 is 0.892 bits per heavy atom. The van der Waals surface area contributed by atoms with Crippen LogP contribution in [0, 0.1) is 0 Å². The van der Waals surface area contributed by atoms with Gasteiger partial charge in [0, 0.05) is 49.9 Å². The van der Waals surface area contributed by atoms with Crippen molar-refractivity contribution in [1.82, 2.24) is 9.80 Å². The fourth-order valence-corrected chi connectivity index (χ4v) is 4.56. The monoisotopic (exact) mass is 504 g/mol. The number of amides is 1. The van der Waals surface area contributed by atoms with Crippen LogP contribution in [0.1, 0.15) is 28.4 Å². The lowest BCUT2D eigenvalue weighted by Crippen LogP contribution is -2.48. The van der Waals surface area contributed by atoms with E-state index in [-0.39, 0.29) is 19.3 Å². The maximum absolute atomic E-state index is 13.4. The Labute approximate surface area is 217 Å². The Balaban J connectivity index is 1.21. The molecule has 5 rings (SSSR count). The fourth-order valence-electron chi connectivity index (χ4n) is 4.56. The highest BCUT2D eigenvalue weighted by Gasteiger charge is 2.24. The summed E-state index contributed by atoms with van der Waals surface area (Å²) < 4.78 is 28.0. The molecule has 1 fully saturated rings. The minimum Gasteiger partial charge on any atom is -0.497 e. The number of fused-ring (bicyclic) bond motifs is 1. The van der Waals surface area contributed by atoms with Crippen LogP contribution in [-0.4, -0.2) is 62.4 Å². The summed E-state index contributed by atoms with van der Waals surface area (Å²) >= 11 is 0. The molecule has 0 spiro atoms. The lowest BCUT2D eigenvalue weighted by Gasteiger charge is -2.35. The van der Waals surface area contributed by atoms with E-state index < -0.39 is 0 Å². The fraction of sp³-hybridized carbons (Fsp3) is 0.345. The molecule has 0 atom stereocenters. The van der Waals surface area contributed by atoms with Gasteiger partial charge >= 0.3 is 0 Å². The number of hydrogen-bond acceptors (Lipinski definition) is 7. The highest BCUT2D eigenvalue weighted by atomic mass is 16.7. The molecule has 0 saturated carbocycles. The smallest absolute Gasteiger partial charge is 0.253 e. The molecule has 2 aliphatic rings. The van der Waals surface area contributed by atoms with Crippen LogP contribution in [0.15, 0.2) is 60.7 Å². The van der Waals surface area contributed by atoms with Gasteiger partial charge < -0.3 is 28.6 Å². The number of carbonyl (C=O) groups is 1. The van der Waals surface area contributed by atoms with Gasteiger partial charge in [-0.25, -0.2) is 0 Å². The molecule has 37 heavy (non-hydrogen) atoms. The van der Waals surface area contributed by atoms with E-state index >= 15 is 0 Å². The minimum atomic E-state index is 0.0217. The average molecular weight is 505 g/mol. The molecular formula is C29H32N2O6. The van der Waals surface area contributed by atoms with Crippen LogP contribution >= 0.6 is 0 Å². The van der Waals surface area contributed by atoms with Crippen molar-refractivity contribution in [3.63, 3.8) is 0 Å². The van der Waals surface area contributed by atoms with Crippen LogP contribution in [0.4, 0.5) is 0 Å². The highest BCUT2D eigenvalue weighted by molar-refractivity contribution is 5.94. The normalized spacial score (nSPS) is 14.9. The van der Waals surface area contributed by atoms with Crippen molar-refractivity contribution >= 4 is 5.91 Å². The van der Waals surface area contributed by atoms with Gasteiger partial charge in [0.15, 0.2) is 11.5 Å². The summed E-state index contributed by atoms with van der Waals surface area (Å²) in [6, 6.07) is 19.1. The predicted molar refractivity (Wildman–Crippen MR) is 139 cm³/mol. The quantitative estimate of drug-likeness (QED) is 0.429. The molecule has 0 radical (unpaired) electrons. The van der Waals surface area contributed by atoms with Gasteiger partial charge in [0.05, 0.1) is 13.7 Å². The summed E-state index contributed by atoms with van der Waals surface area (Å²) in [5.74, 6) is 3.75. The van der Waals surface area contributed by atoms with Gasteiger partial charge in [0.2, 0.25) is 6.79 Å². The van der Waals surface area contributed by atoms with Gasteiger partial charge in [-0.2, -0.15) is 0 Å². The first-order chi connectivity index (χ1) is 18.1. The van der Waals surface area contributed by atoms with Crippen LogP contribution in [0.3, 0.4) is 0 Å². The van der Waals surface area contributed by atoms with E-state index in [1.54, 1.807) is 7.11 Å². The third kappa shape index (κ3) is 5.91. The molecule has 8 nitrogen and oxygen atoms in total. The zero-order chi connectivity index (χ0) is 25.6. The van der Waals surface area contributed by atoms with E-state index in [0.717, 1.165) is 48.2 Å². The van der Waals surface area contributed by atoms with Crippen LogP contribution in [0.5, 0.6) is 28.7 Å². The standard InChI is InChI=1S/C29H32N2O6/c1-3-34-26-10-8-22(16-23(26)19-35-25-6-4-5-24(17-25)33-2)29(32)31-13-11-30(12-14-31)18-21-7-9-27-28(15-21)37-20-36-27/h4-10,15-17H,3,11-14,18-20H2,1-2H3. The average Bonchev–Trinajstić information content (AvgIpc) is 3.41. The minimum absolute atomic E-state index is 0.0217. The van der Waals surface area contributed by atoms with E-state index in [0.29, 0.717) is 31.0 Å². The zero-order valence-corrected chi connectivity index (χ0v) is 21.3. The number of carbonyl (C=O) groups excluding carboxylic acids is 1. The molecular weight excluding hydrogens is 472 g/mol. The topological polar surface area (TPSA) is 69.7 Å². The number of nitrogens with zero attached hydrogens (tertiary/aromatic N) is 2. The molecule has 1 amide bonds. The Morgan fingerprint density at radius 3 is 2.51 bits per heavy atom. The second-order valence-electron chi connectivity index (χ2n) is 8.98. The van der Waals surface area contributed by atoms with Crippen LogP contribution < -0.4 is 23.7 Å². The number of benzene rings is 3. The lowest BCUT2D eigenvalue weighted by molar-refractivity contribution is 0.0628. The number of rotatable bonds is 9. The molecule has 0 aromatic heterocycles. The van der Waals surface area contributed by atoms with Gasteiger partial charge in [-0.15, -0.1) is 0 Å². The molecule has 3 aromatic rings. The molecule has 0 N–H and O–H groups in total. The molecule has 2 aliphatic heterocycles. The van der Waals surface area contributed by atoms with Crippen molar-refractivity contribution < 1.29 is 28.5 Å². The molecule has 0 unspecified atom stereocenters. The van der Waals surface area contributed by atoms with Crippen molar-refractivity contribution in [3.8, 4) is 28.7 Å². The van der Waals surface area contributed by atoms with E-state index in [1.165, 1.54) is 5.56 Å². The first-order valence-corrected chi connectivity index (χ1v) is 12.6. The van der Waals surface area contributed by atoms with Crippen molar-refractivity contribution in [1.29, 1.82) is 0 Å². The van der Waals surface area contributed by atoms with Gasteiger partial charge in [0.1, 0.15) is 23.9 Å². The van der Waals surface area contributed by atoms with Crippen molar-refractivity contribution in [3.05, 3.63) is 77.4 Å². The van der Waals surface area contributed by atoms with E-state index in [4.69, 9.17) is 23.7 Å². The van der Waals surface area contributed by atoms with Gasteiger partial charge in [0.25, 0.3) is 5.91 Å². The van der Waals surface area contributed by atoms with Crippen molar-refractivity contribution in [2.24, 2.45) is 0 Å². The van der Waals surface area contributed by atoms with E-state index in [9.17, 15) is 4.79 Å². The Morgan fingerprint density at radius 2 is 1.70 bits per heavy atom. The van der Waals surface area contributed by atoms with Crippen LogP contribution in [0.2, 0.25) is 0 Å². The third-order valence-corrected chi connectivity index (χ3v) is 6.55. The van der Waals surface area contributed by atoms with Crippen molar-refractivity contribution in [2.75, 3.05) is 46.7 Å². The number of piperazine rings is 1. The van der Waals surface area contributed by atoms with Gasteiger partial charge in [-0.3, -0.25) is 9.69 Å². The van der Waals surface area contributed by atoms with Crippen LogP contribution in [-0.2, 0) is 13.2 Å². The predicted octanol–water partition coefficient (Wildman–Crippen LogP) is 4.36. The Bertz CT molecular complexity index is 1240. The summed E-state index contributed by atoms with van der Waals surface area (Å²) in [6.07, 6.45) is 0. The SMILES string of the molecule is CCOc1ccc(C(=O)N2CCN(Cc3ccc4c(c3)OCO4)CC2)cc1COc1cccc(OC)c1. The molecule has 0 aliphatic carbocycles. The first-order valence-electron chi connectivity index (χ1n) is 12.6. The second kappa shape index (κ2) is 11.4. The summed E-state index contributed by atoms with van der Waals surface area (Å²) in [4.78, 5) is 17.6. The molecule has 194 valence electrons. The molecule has 1 saturated heterocycles. The molecule has 2 heterocycles. The number of ether oxygens (including phenoxy) is 5. The zero-order valence-electron chi connectivity index (χ0n) is 21.3.